The molecule has 3 heterocycles. The normalized spacial score (nSPS) is 11.1. The van der Waals surface area contributed by atoms with Gasteiger partial charge in [0.25, 0.3) is 0 Å². The number of aromatic nitrogens is 3. The number of sulfonamides is 1. The van der Waals surface area contributed by atoms with Crippen molar-refractivity contribution in [1.29, 1.82) is 0 Å². The maximum atomic E-state index is 12.5. The van der Waals surface area contributed by atoms with Gasteiger partial charge in [-0.1, -0.05) is 12.1 Å². The number of rotatable bonds is 7. The number of anilines is 1. The van der Waals surface area contributed by atoms with E-state index >= 15 is 0 Å². The molecule has 0 aliphatic rings. The van der Waals surface area contributed by atoms with Crippen molar-refractivity contribution in [3.8, 4) is 11.4 Å². The number of pyridine rings is 3. The molecule has 3 rings (SSSR count). The minimum absolute atomic E-state index is 0.0473. The monoisotopic (exact) mass is 430 g/mol. The SMILES string of the molecule is COC(=O)COC(=O)CS(=O)(=O)Nc1nc(-c2ncccc2C)cc2cccnc12. The van der Waals surface area contributed by atoms with Gasteiger partial charge in [0.2, 0.25) is 10.0 Å². The summed E-state index contributed by atoms with van der Waals surface area (Å²) in [5.74, 6) is -2.97. The molecule has 3 aromatic heterocycles. The van der Waals surface area contributed by atoms with Crippen LogP contribution < -0.4 is 4.72 Å². The molecule has 1 N–H and O–H groups in total. The van der Waals surface area contributed by atoms with Gasteiger partial charge < -0.3 is 9.47 Å². The first-order valence-electron chi connectivity index (χ1n) is 8.70. The van der Waals surface area contributed by atoms with Crippen LogP contribution in [0.25, 0.3) is 22.3 Å². The molecule has 156 valence electrons. The van der Waals surface area contributed by atoms with Gasteiger partial charge in [0.15, 0.2) is 18.2 Å². The van der Waals surface area contributed by atoms with E-state index in [-0.39, 0.29) is 5.82 Å². The third-order valence-electron chi connectivity index (χ3n) is 3.98. The first-order chi connectivity index (χ1) is 14.3. The predicted octanol–water partition coefficient (Wildman–Crippen LogP) is 1.46. The highest BCUT2D eigenvalue weighted by molar-refractivity contribution is 7.93. The molecule has 0 spiro atoms. The first kappa shape index (κ1) is 21.1. The Morgan fingerprint density at radius 3 is 2.57 bits per heavy atom. The van der Waals surface area contributed by atoms with E-state index in [0.29, 0.717) is 22.3 Å². The van der Waals surface area contributed by atoms with Gasteiger partial charge in [0.1, 0.15) is 5.52 Å². The zero-order chi connectivity index (χ0) is 21.7. The van der Waals surface area contributed by atoms with Crippen molar-refractivity contribution in [3.63, 3.8) is 0 Å². The summed E-state index contributed by atoms with van der Waals surface area (Å²) in [4.78, 5) is 35.7. The van der Waals surface area contributed by atoms with Gasteiger partial charge in [-0.15, -0.1) is 0 Å². The highest BCUT2D eigenvalue weighted by Gasteiger charge is 2.22. The Labute approximate surface area is 172 Å². The van der Waals surface area contributed by atoms with Gasteiger partial charge >= 0.3 is 11.9 Å². The topological polar surface area (TPSA) is 137 Å². The quantitative estimate of drug-likeness (QED) is 0.552. The van der Waals surface area contributed by atoms with E-state index < -0.39 is 34.3 Å². The van der Waals surface area contributed by atoms with Crippen LogP contribution in [0.2, 0.25) is 0 Å². The fourth-order valence-corrected chi connectivity index (χ4v) is 3.51. The van der Waals surface area contributed by atoms with E-state index in [1.807, 2.05) is 13.0 Å². The van der Waals surface area contributed by atoms with Gasteiger partial charge in [-0.3, -0.25) is 19.5 Å². The van der Waals surface area contributed by atoms with Crippen molar-refractivity contribution >= 4 is 38.7 Å². The minimum Gasteiger partial charge on any atom is -0.466 e. The molecule has 30 heavy (non-hydrogen) atoms. The lowest BCUT2D eigenvalue weighted by atomic mass is 10.1. The lowest BCUT2D eigenvalue weighted by Gasteiger charge is -2.12. The average molecular weight is 430 g/mol. The molecule has 11 heteroatoms. The number of aryl methyl sites for hydroxylation is 1. The van der Waals surface area contributed by atoms with Crippen LogP contribution >= 0.6 is 0 Å². The summed E-state index contributed by atoms with van der Waals surface area (Å²) in [7, 11) is -3.07. The predicted molar refractivity (Wildman–Crippen MR) is 108 cm³/mol. The maximum Gasteiger partial charge on any atom is 0.344 e. The molecule has 0 radical (unpaired) electrons. The second-order valence-corrected chi connectivity index (χ2v) is 7.92. The Bertz CT molecular complexity index is 1210. The first-order valence-corrected chi connectivity index (χ1v) is 10.3. The minimum atomic E-state index is -4.19. The molecule has 0 saturated carbocycles. The Hall–Kier alpha value is -3.60. The molecule has 0 bridgehead atoms. The number of hydrogen-bond acceptors (Lipinski definition) is 9. The number of esters is 2. The highest BCUT2D eigenvalue weighted by atomic mass is 32.2. The van der Waals surface area contributed by atoms with Gasteiger partial charge in [-0.2, -0.15) is 0 Å². The van der Waals surface area contributed by atoms with Crippen LogP contribution in [-0.2, 0) is 29.1 Å². The van der Waals surface area contributed by atoms with E-state index in [2.05, 4.69) is 29.1 Å². The summed E-state index contributed by atoms with van der Waals surface area (Å²) >= 11 is 0. The zero-order valence-corrected chi connectivity index (χ0v) is 17.0. The number of ether oxygens (including phenoxy) is 2. The summed E-state index contributed by atoms with van der Waals surface area (Å²) in [6.07, 6.45) is 3.11. The third-order valence-corrected chi connectivity index (χ3v) is 5.10. The smallest absolute Gasteiger partial charge is 0.344 e. The molecule has 0 fully saturated rings. The van der Waals surface area contributed by atoms with Crippen LogP contribution in [0.5, 0.6) is 0 Å². The van der Waals surface area contributed by atoms with E-state index in [4.69, 9.17) is 0 Å². The Kier molecular flexibility index (Phi) is 6.21. The zero-order valence-electron chi connectivity index (χ0n) is 16.2. The molecule has 0 unspecified atom stereocenters. The van der Waals surface area contributed by atoms with E-state index in [1.165, 1.54) is 6.20 Å². The summed E-state index contributed by atoms with van der Waals surface area (Å²) in [5, 5.41) is 0.638. The Morgan fingerprint density at radius 2 is 1.83 bits per heavy atom. The maximum absolute atomic E-state index is 12.5. The van der Waals surface area contributed by atoms with Gasteiger partial charge in [0.05, 0.1) is 18.5 Å². The lowest BCUT2D eigenvalue weighted by molar-refractivity contribution is -0.155. The van der Waals surface area contributed by atoms with Gasteiger partial charge in [-0.05, 0) is 30.7 Å². The Balaban J connectivity index is 1.92. The van der Waals surface area contributed by atoms with Crippen LogP contribution in [0.15, 0.2) is 42.7 Å². The molecule has 0 aliphatic heterocycles. The molecular weight excluding hydrogens is 412 g/mol. The standard InChI is InChI=1S/C19H18N4O6S/c1-12-5-3-7-20-17(12)14-9-13-6-4-8-21-18(13)19(22-14)23-30(26,27)11-16(25)29-10-15(24)28-2/h3-9H,10-11H2,1-2H3,(H,22,23). The van der Waals surface area contributed by atoms with Crippen LogP contribution in [0.4, 0.5) is 5.82 Å². The summed E-state index contributed by atoms with van der Waals surface area (Å²) in [5.41, 5.74) is 2.19. The molecule has 0 saturated heterocycles. The molecule has 0 amide bonds. The number of hydrogen-bond donors (Lipinski definition) is 1. The molecular formula is C19H18N4O6S. The third kappa shape index (κ3) is 5.06. The number of nitrogens with zero attached hydrogens (tertiary/aromatic N) is 3. The van der Waals surface area contributed by atoms with E-state index in [1.54, 1.807) is 30.5 Å². The lowest BCUT2D eigenvalue weighted by Crippen LogP contribution is -2.26. The molecule has 0 atom stereocenters. The van der Waals surface area contributed by atoms with E-state index in [0.717, 1.165) is 12.7 Å². The van der Waals surface area contributed by atoms with Crippen molar-refractivity contribution in [2.45, 2.75) is 6.92 Å². The number of nitrogens with one attached hydrogen (secondary N) is 1. The molecule has 3 aromatic rings. The van der Waals surface area contributed by atoms with Crippen molar-refractivity contribution in [1.82, 2.24) is 15.0 Å². The summed E-state index contributed by atoms with van der Waals surface area (Å²) in [6, 6.07) is 8.86. The van der Waals surface area contributed by atoms with Crippen LogP contribution in [0.3, 0.4) is 0 Å². The number of carbonyl (C=O) groups is 2. The van der Waals surface area contributed by atoms with Crippen molar-refractivity contribution in [3.05, 3.63) is 48.3 Å². The average Bonchev–Trinajstić information content (AvgIpc) is 2.71. The second kappa shape index (κ2) is 8.82. The van der Waals surface area contributed by atoms with Crippen LogP contribution in [-0.4, -0.2) is 54.8 Å². The van der Waals surface area contributed by atoms with Crippen LogP contribution in [0.1, 0.15) is 5.56 Å². The fraction of sp³-hybridized carbons (Fsp3) is 0.211. The van der Waals surface area contributed by atoms with Crippen molar-refractivity contribution < 1.29 is 27.5 Å². The number of fused-ring (bicyclic) bond motifs is 1. The molecule has 0 aliphatic carbocycles. The van der Waals surface area contributed by atoms with Gasteiger partial charge in [0, 0.05) is 17.8 Å². The Morgan fingerprint density at radius 1 is 1.10 bits per heavy atom. The molecule has 0 aromatic carbocycles. The number of methoxy groups -OCH3 is 1. The summed E-state index contributed by atoms with van der Waals surface area (Å²) in [6.45, 7) is 1.18. The van der Waals surface area contributed by atoms with E-state index in [9.17, 15) is 18.0 Å². The van der Waals surface area contributed by atoms with Crippen LogP contribution in [0, 0.1) is 6.92 Å². The molecule has 10 nitrogen and oxygen atoms in total. The number of carbonyl (C=O) groups excluding carboxylic acids is 2. The highest BCUT2D eigenvalue weighted by Crippen LogP contribution is 2.27. The second-order valence-electron chi connectivity index (χ2n) is 6.20. The largest absolute Gasteiger partial charge is 0.466 e. The van der Waals surface area contributed by atoms with Gasteiger partial charge in [-0.25, -0.2) is 18.2 Å². The fourth-order valence-electron chi connectivity index (χ4n) is 2.61. The summed E-state index contributed by atoms with van der Waals surface area (Å²) < 4.78 is 36.1. The van der Waals surface area contributed by atoms with Crippen molar-refractivity contribution in [2.75, 3.05) is 24.2 Å². The van der Waals surface area contributed by atoms with Crippen molar-refractivity contribution in [2.24, 2.45) is 0 Å².